The fourth-order valence-electron chi connectivity index (χ4n) is 2.09. The maximum absolute atomic E-state index is 12.5. The molecule has 21 heavy (non-hydrogen) atoms. The van der Waals surface area contributed by atoms with Crippen LogP contribution >= 0.6 is 0 Å². The van der Waals surface area contributed by atoms with Gasteiger partial charge in [0, 0.05) is 23.9 Å². The molecule has 8 heteroatoms. The second-order valence-corrected chi connectivity index (χ2v) is 4.59. The van der Waals surface area contributed by atoms with Gasteiger partial charge in [-0.2, -0.15) is 0 Å². The summed E-state index contributed by atoms with van der Waals surface area (Å²) in [5, 5.41) is 7.36. The average molecular weight is 291 g/mol. The molecular formula is C13H11F2N5O. The van der Waals surface area contributed by atoms with Crippen LogP contribution in [0.2, 0.25) is 0 Å². The molecule has 0 atom stereocenters. The molecule has 3 heterocycles. The van der Waals surface area contributed by atoms with E-state index >= 15 is 0 Å². The van der Waals surface area contributed by atoms with E-state index in [0.29, 0.717) is 29.0 Å². The van der Waals surface area contributed by atoms with Crippen molar-refractivity contribution in [2.24, 2.45) is 0 Å². The summed E-state index contributed by atoms with van der Waals surface area (Å²) < 4.78 is 29.6. The number of hydrogen-bond donors (Lipinski definition) is 1. The van der Waals surface area contributed by atoms with Gasteiger partial charge in [-0.25, -0.2) is 18.4 Å². The first-order valence-corrected chi connectivity index (χ1v) is 6.16. The number of aromatic nitrogens is 4. The van der Waals surface area contributed by atoms with E-state index in [1.165, 1.54) is 12.3 Å². The lowest BCUT2D eigenvalue weighted by molar-refractivity contribution is 0.146. The Kier molecular flexibility index (Phi) is 3.20. The van der Waals surface area contributed by atoms with Gasteiger partial charge in [0.1, 0.15) is 5.69 Å². The SMILES string of the molecule is Cc1nc2nonc2c(N)c1Cc1ccc(C(F)F)nc1. The average Bonchev–Trinajstić information content (AvgIpc) is 2.92. The Balaban J connectivity index is 1.97. The second-order valence-electron chi connectivity index (χ2n) is 4.59. The Labute approximate surface area is 118 Å². The minimum absolute atomic E-state index is 0.252. The Hall–Kier alpha value is -2.64. The summed E-state index contributed by atoms with van der Waals surface area (Å²) in [6, 6.07) is 2.90. The number of rotatable bonds is 3. The number of hydrogen-bond acceptors (Lipinski definition) is 6. The fraction of sp³-hybridized carbons (Fsp3) is 0.231. The number of nitrogens with two attached hydrogens (primary N) is 1. The van der Waals surface area contributed by atoms with Crippen molar-refractivity contribution in [2.75, 3.05) is 5.73 Å². The van der Waals surface area contributed by atoms with Gasteiger partial charge in [0.25, 0.3) is 6.43 Å². The third-order valence-electron chi connectivity index (χ3n) is 3.21. The van der Waals surface area contributed by atoms with Crippen molar-refractivity contribution < 1.29 is 13.4 Å². The van der Waals surface area contributed by atoms with Gasteiger partial charge >= 0.3 is 0 Å². The Bertz CT molecular complexity index is 785. The van der Waals surface area contributed by atoms with E-state index in [1.54, 1.807) is 13.0 Å². The van der Waals surface area contributed by atoms with Crippen LogP contribution in [0.15, 0.2) is 23.0 Å². The first-order chi connectivity index (χ1) is 10.1. The monoisotopic (exact) mass is 291 g/mol. The zero-order valence-electron chi connectivity index (χ0n) is 11.0. The Morgan fingerprint density at radius 2 is 2.10 bits per heavy atom. The lowest BCUT2D eigenvalue weighted by Crippen LogP contribution is -2.03. The molecule has 0 amide bonds. The molecule has 0 spiro atoms. The van der Waals surface area contributed by atoms with Gasteiger partial charge in [0.2, 0.25) is 5.65 Å². The number of halogens is 2. The van der Waals surface area contributed by atoms with Crippen LogP contribution in [0.3, 0.4) is 0 Å². The number of anilines is 1. The van der Waals surface area contributed by atoms with E-state index in [1.807, 2.05) is 0 Å². The van der Waals surface area contributed by atoms with Crippen LogP contribution in [0.1, 0.15) is 28.9 Å². The standard InChI is InChI=1S/C13H11F2N5O/c1-6-8(10(16)11-13(18-6)20-21-19-11)4-7-2-3-9(12(14)15)17-5-7/h2-3,5,12H,4,16H2,1H3. The van der Waals surface area contributed by atoms with Crippen molar-refractivity contribution in [1.82, 2.24) is 20.3 Å². The number of fused-ring (bicyclic) bond motifs is 1. The van der Waals surface area contributed by atoms with Crippen LogP contribution in [-0.2, 0) is 6.42 Å². The molecule has 0 aliphatic rings. The summed E-state index contributed by atoms with van der Waals surface area (Å²) in [5.74, 6) is 0. The highest BCUT2D eigenvalue weighted by atomic mass is 19.3. The number of alkyl halides is 2. The van der Waals surface area contributed by atoms with Gasteiger partial charge in [-0.3, -0.25) is 4.98 Å². The van der Waals surface area contributed by atoms with Gasteiger partial charge in [0.15, 0.2) is 5.52 Å². The molecule has 6 nitrogen and oxygen atoms in total. The van der Waals surface area contributed by atoms with E-state index < -0.39 is 6.43 Å². The van der Waals surface area contributed by atoms with Crippen molar-refractivity contribution in [2.45, 2.75) is 19.8 Å². The normalized spacial score (nSPS) is 11.4. The molecule has 0 aliphatic carbocycles. The van der Waals surface area contributed by atoms with Gasteiger partial charge in [-0.15, -0.1) is 0 Å². The van der Waals surface area contributed by atoms with Crippen LogP contribution in [-0.4, -0.2) is 20.3 Å². The highest BCUT2D eigenvalue weighted by molar-refractivity contribution is 5.85. The highest BCUT2D eigenvalue weighted by Crippen LogP contribution is 2.26. The number of nitrogen functional groups attached to an aromatic ring is 1. The van der Waals surface area contributed by atoms with Gasteiger partial charge < -0.3 is 5.73 Å². The summed E-state index contributed by atoms with van der Waals surface area (Å²) in [7, 11) is 0. The van der Waals surface area contributed by atoms with Crippen molar-refractivity contribution in [3.05, 3.63) is 40.8 Å². The van der Waals surface area contributed by atoms with E-state index in [-0.39, 0.29) is 5.69 Å². The van der Waals surface area contributed by atoms with Gasteiger partial charge in [0.05, 0.1) is 5.69 Å². The molecule has 0 bridgehead atoms. The zero-order valence-corrected chi connectivity index (χ0v) is 11.0. The molecule has 0 unspecified atom stereocenters. The molecule has 0 aromatic carbocycles. The molecule has 3 aromatic heterocycles. The number of pyridine rings is 2. The predicted molar refractivity (Wildman–Crippen MR) is 70.7 cm³/mol. The smallest absolute Gasteiger partial charge is 0.280 e. The summed E-state index contributed by atoms with van der Waals surface area (Å²) in [6.45, 7) is 1.79. The minimum Gasteiger partial charge on any atom is -0.396 e. The van der Waals surface area contributed by atoms with E-state index in [0.717, 1.165) is 11.1 Å². The van der Waals surface area contributed by atoms with E-state index in [2.05, 4.69) is 24.9 Å². The first kappa shape index (κ1) is 13.3. The summed E-state index contributed by atoms with van der Waals surface area (Å²) >= 11 is 0. The topological polar surface area (TPSA) is 90.7 Å². The molecule has 0 aliphatic heterocycles. The Morgan fingerprint density at radius 1 is 1.29 bits per heavy atom. The quantitative estimate of drug-likeness (QED) is 0.797. The summed E-state index contributed by atoms with van der Waals surface area (Å²) in [6.07, 6.45) is -0.750. The number of nitrogens with zero attached hydrogens (tertiary/aromatic N) is 4. The van der Waals surface area contributed by atoms with Crippen molar-refractivity contribution in [3.8, 4) is 0 Å². The lowest BCUT2D eigenvalue weighted by atomic mass is 10.0. The van der Waals surface area contributed by atoms with E-state index in [4.69, 9.17) is 5.73 Å². The van der Waals surface area contributed by atoms with Gasteiger partial charge in [-0.05, 0) is 28.9 Å². The maximum Gasteiger partial charge on any atom is 0.280 e. The summed E-state index contributed by atoms with van der Waals surface area (Å²) in [5.41, 5.74) is 9.17. The summed E-state index contributed by atoms with van der Waals surface area (Å²) in [4.78, 5) is 7.98. The molecule has 0 fully saturated rings. The first-order valence-electron chi connectivity index (χ1n) is 6.16. The third kappa shape index (κ3) is 2.39. The lowest BCUT2D eigenvalue weighted by Gasteiger charge is -2.09. The fourth-order valence-corrected chi connectivity index (χ4v) is 2.09. The van der Waals surface area contributed by atoms with Crippen molar-refractivity contribution >= 4 is 16.9 Å². The van der Waals surface area contributed by atoms with Crippen LogP contribution in [0.4, 0.5) is 14.5 Å². The number of aryl methyl sites for hydroxylation is 1. The van der Waals surface area contributed by atoms with E-state index in [9.17, 15) is 8.78 Å². The molecule has 3 aromatic rings. The third-order valence-corrected chi connectivity index (χ3v) is 3.21. The van der Waals surface area contributed by atoms with Crippen LogP contribution < -0.4 is 5.73 Å². The van der Waals surface area contributed by atoms with Gasteiger partial charge in [-0.1, -0.05) is 6.07 Å². The molecule has 3 rings (SSSR count). The molecule has 0 saturated heterocycles. The van der Waals surface area contributed by atoms with Crippen molar-refractivity contribution in [3.63, 3.8) is 0 Å². The van der Waals surface area contributed by atoms with Crippen LogP contribution in [0, 0.1) is 6.92 Å². The molecule has 0 radical (unpaired) electrons. The molecule has 0 saturated carbocycles. The predicted octanol–water partition coefficient (Wildman–Crippen LogP) is 2.43. The maximum atomic E-state index is 12.5. The molecule has 108 valence electrons. The highest BCUT2D eigenvalue weighted by Gasteiger charge is 2.15. The Morgan fingerprint density at radius 3 is 2.76 bits per heavy atom. The van der Waals surface area contributed by atoms with Crippen molar-refractivity contribution in [1.29, 1.82) is 0 Å². The second kappa shape index (κ2) is 5.04. The van der Waals surface area contributed by atoms with Crippen LogP contribution in [0.5, 0.6) is 0 Å². The van der Waals surface area contributed by atoms with Crippen LogP contribution in [0.25, 0.3) is 11.2 Å². The largest absolute Gasteiger partial charge is 0.396 e. The molecular weight excluding hydrogens is 280 g/mol. The molecule has 2 N–H and O–H groups in total. The zero-order chi connectivity index (χ0) is 15.0. The minimum atomic E-state index is -2.58.